The first-order chi connectivity index (χ1) is 11.2. The van der Waals surface area contributed by atoms with E-state index in [1.54, 1.807) is 26.8 Å². The highest BCUT2D eigenvalue weighted by Crippen LogP contribution is 2.17. The molecule has 0 bridgehead atoms. The van der Waals surface area contributed by atoms with Gasteiger partial charge < -0.3 is 0 Å². The first-order valence-electron chi connectivity index (χ1n) is 7.22. The molecule has 126 valence electrons. The molecule has 1 heterocycles. The SMILES string of the molecule is CC(C)(C)N(NC(=O)c1ccccc1F)C(=O)c1ccc(Cl)nc1. The third-order valence-electron chi connectivity index (χ3n) is 3.18. The van der Waals surface area contributed by atoms with Gasteiger partial charge >= 0.3 is 0 Å². The molecule has 5 nitrogen and oxygen atoms in total. The topological polar surface area (TPSA) is 62.3 Å². The molecule has 1 aromatic carbocycles. The normalized spacial score (nSPS) is 11.0. The number of benzene rings is 1. The summed E-state index contributed by atoms with van der Waals surface area (Å²) in [6.45, 7) is 5.24. The molecule has 0 radical (unpaired) electrons. The highest BCUT2D eigenvalue weighted by Gasteiger charge is 2.30. The van der Waals surface area contributed by atoms with Crippen molar-refractivity contribution in [3.8, 4) is 0 Å². The molecule has 0 spiro atoms. The van der Waals surface area contributed by atoms with E-state index in [0.717, 1.165) is 5.01 Å². The van der Waals surface area contributed by atoms with Crippen molar-refractivity contribution in [2.45, 2.75) is 26.3 Å². The number of rotatable bonds is 2. The van der Waals surface area contributed by atoms with Crippen LogP contribution in [0.5, 0.6) is 0 Å². The zero-order valence-electron chi connectivity index (χ0n) is 13.5. The van der Waals surface area contributed by atoms with Gasteiger partial charge in [-0.3, -0.25) is 15.0 Å². The second-order valence-electron chi connectivity index (χ2n) is 6.10. The number of hydrogen-bond donors (Lipinski definition) is 1. The number of halogens is 2. The molecule has 0 unspecified atom stereocenters. The fourth-order valence-electron chi connectivity index (χ4n) is 1.96. The van der Waals surface area contributed by atoms with Crippen molar-refractivity contribution in [1.82, 2.24) is 15.4 Å². The maximum absolute atomic E-state index is 13.8. The number of hydrazine groups is 1. The fraction of sp³-hybridized carbons (Fsp3) is 0.235. The minimum Gasteiger partial charge on any atom is -0.267 e. The van der Waals surface area contributed by atoms with Crippen LogP contribution in [-0.2, 0) is 0 Å². The van der Waals surface area contributed by atoms with Crippen LogP contribution in [-0.4, -0.2) is 27.3 Å². The van der Waals surface area contributed by atoms with Crippen LogP contribution in [0.15, 0.2) is 42.6 Å². The lowest BCUT2D eigenvalue weighted by atomic mass is 10.1. The van der Waals surface area contributed by atoms with Crippen molar-refractivity contribution in [2.24, 2.45) is 0 Å². The van der Waals surface area contributed by atoms with Gasteiger partial charge in [0, 0.05) is 6.20 Å². The second-order valence-corrected chi connectivity index (χ2v) is 6.49. The van der Waals surface area contributed by atoms with E-state index >= 15 is 0 Å². The predicted molar refractivity (Wildman–Crippen MR) is 89.0 cm³/mol. The lowest BCUT2D eigenvalue weighted by Crippen LogP contribution is -2.56. The van der Waals surface area contributed by atoms with Gasteiger partial charge in [0.1, 0.15) is 11.0 Å². The van der Waals surface area contributed by atoms with E-state index in [0.29, 0.717) is 0 Å². The average Bonchev–Trinajstić information content (AvgIpc) is 2.52. The van der Waals surface area contributed by atoms with Crippen LogP contribution in [0.1, 0.15) is 41.5 Å². The van der Waals surface area contributed by atoms with E-state index in [2.05, 4.69) is 10.4 Å². The van der Waals surface area contributed by atoms with E-state index in [9.17, 15) is 14.0 Å². The van der Waals surface area contributed by atoms with Crippen LogP contribution < -0.4 is 5.43 Å². The Hall–Kier alpha value is -2.47. The predicted octanol–water partition coefficient (Wildman–Crippen LogP) is 3.46. The molecule has 2 amide bonds. The molecule has 0 atom stereocenters. The molecule has 2 rings (SSSR count). The van der Waals surface area contributed by atoms with Crippen LogP contribution in [0.3, 0.4) is 0 Å². The highest BCUT2D eigenvalue weighted by atomic mass is 35.5. The second kappa shape index (κ2) is 6.97. The average molecular weight is 350 g/mol. The molecule has 0 fully saturated rings. The summed E-state index contributed by atoms with van der Waals surface area (Å²) in [4.78, 5) is 28.9. The smallest absolute Gasteiger partial charge is 0.267 e. The summed E-state index contributed by atoms with van der Waals surface area (Å²) in [5.41, 5.74) is 1.84. The Balaban J connectivity index is 2.29. The first-order valence-corrected chi connectivity index (χ1v) is 7.59. The van der Waals surface area contributed by atoms with Crippen LogP contribution in [0.2, 0.25) is 5.15 Å². The summed E-state index contributed by atoms with van der Waals surface area (Å²) in [6.07, 6.45) is 1.32. The van der Waals surface area contributed by atoms with E-state index < -0.39 is 23.2 Å². The van der Waals surface area contributed by atoms with Gasteiger partial charge in [-0.1, -0.05) is 23.7 Å². The zero-order chi connectivity index (χ0) is 17.9. The van der Waals surface area contributed by atoms with Crippen molar-refractivity contribution in [3.63, 3.8) is 0 Å². The maximum atomic E-state index is 13.8. The molecule has 0 aliphatic carbocycles. The molecule has 0 aliphatic rings. The summed E-state index contributed by atoms with van der Waals surface area (Å²) in [7, 11) is 0. The molecular formula is C17H17ClFN3O2. The third-order valence-corrected chi connectivity index (χ3v) is 3.40. The molecule has 0 aliphatic heterocycles. The number of hydrogen-bond acceptors (Lipinski definition) is 3. The van der Waals surface area contributed by atoms with Gasteiger partial charge in [-0.15, -0.1) is 0 Å². The Kier molecular flexibility index (Phi) is 5.19. The molecule has 0 saturated carbocycles. The van der Waals surface area contributed by atoms with Crippen molar-refractivity contribution >= 4 is 23.4 Å². The van der Waals surface area contributed by atoms with Crippen LogP contribution >= 0.6 is 11.6 Å². The van der Waals surface area contributed by atoms with E-state index in [-0.39, 0.29) is 16.3 Å². The van der Waals surface area contributed by atoms with Gasteiger partial charge in [-0.2, -0.15) is 0 Å². The fourth-order valence-corrected chi connectivity index (χ4v) is 2.07. The molecule has 24 heavy (non-hydrogen) atoms. The quantitative estimate of drug-likeness (QED) is 0.667. The van der Waals surface area contributed by atoms with Crippen molar-refractivity contribution in [3.05, 3.63) is 64.7 Å². The Morgan fingerprint density at radius 1 is 1.17 bits per heavy atom. The standard InChI is InChI=1S/C17H17ClFN3O2/c1-17(2,3)22(16(24)11-8-9-14(18)20-10-11)21-15(23)12-6-4-5-7-13(12)19/h4-10H,1-3H3,(H,21,23). The molecule has 0 saturated heterocycles. The number of carbonyl (C=O) groups is 2. The maximum Gasteiger partial charge on any atom is 0.274 e. The number of amides is 2. The monoisotopic (exact) mass is 349 g/mol. The minimum atomic E-state index is -0.738. The molecule has 1 aromatic heterocycles. The number of pyridine rings is 1. The lowest BCUT2D eigenvalue weighted by Gasteiger charge is -2.35. The Morgan fingerprint density at radius 2 is 1.83 bits per heavy atom. The summed E-state index contributed by atoms with van der Waals surface area (Å²) in [5, 5.41) is 1.40. The van der Waals surface area contributed by atoms with Gasteiger partial charge in [-0.25, -0.2) is 14.4 Å². The summed E-state index contributed by atoms with van der Waals surface area (Å²) in [5.74, 6) is -1.85. The number of carbonyl (C=O) groups excluding carboxylic acids is 2. The van der Waals surface area contributed by atoms with Crippen LogP contribution in [0.4, 0.5) is 4.39 Å². The molecule has 1 N–H and O–H groups in total. The van der Waals surface area contributed by atoms with Gasteiger partial charge in [0.25, 0.3) is 11.8 Å². The molecule has 2 aromatic rings. The first kappa shape index (κ1) is 17.9. The lowest BCUT2D eigenvalue weighted by molar-refractivity contribution is 0.0356. The van der Waals surface area contributed by atoms with Crippen molar-refractivity contribution < 1.29 is 14.0 Å². The highest BCUT2D eigenvalue weighted by molar-refractivity contribution is 6.29. The Morgan fingerprint density at radius 3 is 2.38 bits per heavy atom. The zero-order valence-corrected chi connectivity index (χ0v) is 14.3. The van der Waals surface area contributed by atoms with Crippen molar-refractivity contribution in [1.29, 1.82) is 0 Å². The molecule has 7 heteroatoms. The number of nitrogens with zero attached hydrogens (tertiary/aromatic N) is 2. The summed E-state index contributed by atoms with van der Waals surface area (Å²) >= 11 is 5.72. The van der Waals surface area contributed by atoms with Gasteiger partial charge in [0.05, 0.1) is 16.7 Å². The Labute approximate surface area is 144 Å². The third kappa shape index (κ3) is 4.08. The molecular weight excluding hydrogens is 333 g/mol. The van der Waals surface area contributed by atoms with Gasteiger partial charge in [0.2, 0.25) is 0 Å². The largest absolute Gasteiger partial charge is 0.274 e. The minimum absolute atomic E-state index is 0.145. The van der Waals surface area contributed by atoms with Crippen molar-refractivity contribution in [2.75, 3.05) is 0 Å². The number of nitrogens with one attached hydrogen (secondary N) is 1. The Bertz CT molecular complexity index is 757. The number of aromatic nitrogens is 1. The van der Waals surface area contributed by atoms with Gasteiger partial charge in [0.15, 0.2) is 0 Å². The van der Waals surface area contributed by atoms with E-state index in [1.165, 1.54) is 36.5 Å². The summed E-state index contributed by atoms with van der Waals surface area (Å²) in [6, 6.07) is 8.55. The van der Waals surface area contributed by atoms with Gasteiger partial charge in [-0.05, 0) is 45.0 Å². The van der Waals surface area contributed by atoms with E-state index in [1.807, 2.05) is 0 Å². The van der Waals surface area contributed by atoms with Crippen LogP contribution in [0, 0.1) is 5.82 Å². The van der Waals surface area contributed by atoms with Crippen LogP contribution in [0.25, 0.3) is 0 Å². The van der Waals surface area contributed by atoms with E-state index in [4.69, 9.17) is 11.6 Å². The summed E-state index contributed by atoms with van der Waals surface area (Å²) < 4.78 is 13.8.